The number of anilines is 2. The van der Waals surface area contributed by atoms with Crippen molar-refractivity contribution in [3.8, 4) is 0 Å². The van der Waals surface area contributed by atoms with Crippen molar-refractivity contribution in [2.45, 2.75) is 6.92 Å². The largest absolute Gasteiger partial charge is 0.326 e. The molecule has 0 aliphatic heterocycles. The van der Waals surface area contributed by atoms with Crippen molar-refractivity contribution in [2.75, 3.05) is 10.6 Å². The van der Waals surface area contributed by atoms with Crippen LogP contribution in [0.2, 0.25) is 0 Å². The van der Waals surface area contributed by atoms with Gasteiger partial charge in [0.25, 0.3) is 0 Å². The lowest BCUT2D eigenvalue weighted by Gasteiger charge is -2.05. The average Bonchev–Trinajstić information content (AvgIpc) is 2.54. The third kappa shape index (κ3) is 4.45. The minimum absolute atomic E-state index is 0.203. The third-order valence-corrected chi connectivity index (χ3v) is 2.95. The van der Waals surface area contributed by atoms with E-state index in [0.29, 0.717) is 11.3 Å². The van der Waals surface area contributed by atoms with Crippen molar-refractivity contribution < 1.29 is 22.8 Å². The molecule has 0 fully saturated rings. The second-order valence-corrected chi connectivity index (χ2v) is 4.85. The van der Waals surface area contributed by atoms with Gasteiger partial charge in [0, 0.05) is 18.7 Å². The molecule has 0 aromatic heterocycles. The third-order valence-electron chi connectivity index (χ3n) is 2.95. The first-order valence-corrected chi connectivity index (χ1v) is 6.87. The van der Waals surface area contributed by atoms with Crippen LogP contribution in [0, 0.1) is 17.5 Å². The molecule has 0 unspecified atom stereocenters. The standard InChI is InChI=1S/C17H13F3N2O2/c1-10(23)21-12-5-2-11(3-6-12)4-9-15(24)22-14-8-7-13(18)16(19)17(14)20/h2-9H,1H3,(H,21,23)(H,22,24). The Hall–Kier alpha value is -3.09. The topological polar surface area (TPSA) is 58.2 Å². The zero-order valence-electron chi connectivity index (χ0n) is 12.6. The van der Waals surface area contributed by atoms with Crippen molar-refractivity contribution >= 4 is 29.3 Å². The molecule has 0 heterocycles. The van der Waals surface area contributed by atoms with Crippen LogP contribution in [0.4, 0.5) is 24.5 Å². The second kappa shape index (κ2) is 7.45. The van der Waals surface area contributed by atoms with E-state index >= 15 is 0 Å². The molecule has 0 radical (unpaired) electrons. The lowest BCUT2D eigenvalue weighted by Crippen LogP contribution is -2.10. The fourth-order valence-electron chi connectivity index (χ4n) is 1.85. The minimum atomic E-state index is -1.65. The average molecular weight is 334 g/mol. The van der Waals surface area contributed by atoms with Crippen LogP contribution < -0.4 is 10.6 Å². The molecule has 0 saturated heterocycles. The summed E-state index contributed by atoms with van der Waals surface area (Å²) in [6.45, 7) is 1.38. The SMILES string of the molecule is CC(=O)Nc1ccc(C=CC(=O)Nc2ccc(F)c(F)c2F)cc1. The Balaban J connectivity index is 2.03. The summed E-state index contributed by atoms with van der Waals surface area (Å²) < 4.78 is 39.3. The highest BCUT2D eigenvalue weighted by Gasteiger charge is 2.14. The molecule has 4 nitrogen and oxygen atoms in total. The van der Waals surface area contributed by atoms with E-state index in [2.05, 4.69) is 10.6 Å². The Morgan fingerprint density at radius 2 is 1.58 bits per heavy atom. The molecule has 0 bridgehead atoms. The molecule has 0 saturated carbocycles. The Bertz CT molecular complexity index is 802. The van der Waals surface area contributed by atoms with Crippen LogP contribution in [0.15, 0.2) is 42.5 Å². The molecule has 7 heteroatoms. The molecule has 2 amide bonds. The van der Waals surface area contributed by atoms with Gasteiger partial charge < -0.3 is 10.6 Å². The van der Waals surface area contributed by atoms with Gasteiger partial charge in [-0.3, -0.25) is 9.59 Å². The molecule has 124 valence electrons. The highest BCUT2D eigenvalue weighted by atomic mass is 19.2. The van der Waals surface area contributed by atoms with Gasteiger partial charge >= 0.3 is 0 Å². The minimum Gasteiger partial charge on any atom is -0.326 e. The molecule has 0 aliphatic carbocycles. The molecule has 2 aromatic carbocycles. The Morgan fingerprint density at radius 3 is 2.21 bits per heavy atom. The normalized spacial score (nSPS) is 10.7. The van der Waals surface area contributed by atoms with E-state index in [4.69, 9.17) is 0 Å². The number of rotatable bonds is 4. The van der Waals surface area contributed by atoms with Crippen molar-refractivity contribution in [1.82, 2.24) is 0 Å². The van der Waals surface area contributed by atoms with Crippen molar-refractivity contribution in [1.29, 1.82) is 0 Å². The smallest absolute Gasteiger partial charge is 0.248 e. The van der Waals surface area contributed by atoms with Crippen LogP contribution in [0.5, 0.6) is 0 Å². The first-order valence-electron chi connectivity index (χ1n) is 6.87. The molecule has 0 spiro atoms. The van der Waals surface area contributed by atoms with Gasteiger partial charge in [0.05, 0.1) is 5.69 Å². The van der Waals surface area contributed by atoms with Crippen LogP contribution in [-0.2, 0) is 9.59 Å². The summed E-state index contributed by atoms with van der Waals surface area (Å²) in [6, 6.07) is 8.27. The van der Waals surface area contributed by atoms with Gasteiger partial charge in [-0.05, 0) is 35.9 Å². The summed E-state index contributed by atoms with van der Waals surface area (Å²) in [5.74, 6) is -5.35. The van der Waals surface area contributed by atoms with Gasteiger partial charge in [0.1, 0.15) is 0 Å². The first-order chi connectivity index (χ1) is 11.4. The van der Waals surface area contributed by atoms with Gasteiger partial charge in [-0.2, -0.15) is 0 Å². The fraction of sp³-hybridized carbons (Fsp3) is 0.0588. The van der Waals surface area contributed by atoms with Crippen LogP contribution in [0.25, 0.3) is 6.08 Å². The van der Waals surface area contributed by atoms with Crippen LogP contribution >= 0.6 is 0 Å². The van der Waals surface area contributed by atoms with Crippen molar-refractivity contribution in [2.24, 2.45) is 0 Å². The van der Waals surface area contributed by atoms with E-state index in [1.807, 2.05) is 0 Å². The first kappa shape index (κ1) is 17.3. The summed E-state index contributed by atoms with van der Waals surface area (Å²) in [5, 5.41) is 4.72. The predicted molar refractivity (Wildman–Crippen MR) is 84.7 cm³/mol. The lowest BCUT2D eigenvalue weighted by molar-refractivity contribution is -0.114. The fourth-order valence-corrected chi connectivity index (χ4v) is 1.85. The number of carbonyl (C=O) groups excluding carboxylic acids is 2. The van der Waals surface area contributed by atoms with Gasteiger partial charge in [0.15, 0.2) is 17.5 Å². The summed E-state index contributed by atoms with van der Waals surface area (Å²) in [7, 11) is 0. The van der Waals surface area contributed by atoms with E-state index < -0.39 is 29.0 Å². The van der Waals surface area contributed by atoms with Gasteiger partial charge in [-0.25, -0.2) is 13.2 Å². The van der Waals surface area contributed by atoms with Gasteiger partial charge in [-0.15, -0.1) is 0 Å². The van der Waals surface area contributed by atoms with E-state index in [9.17, 15) is 22.8 Å². The van der Waals surface area contributed by atoms with Crippen molar-refractivity contribution in [3.63, 3.8) is 0 Å². The number of amides is 2. The maximum atomic E-state index is 13.4. The van der Waals surface area contributed by atoms with Gasteiger partial charge in [0.2, 0.25) is 11.8 Å². The monoisotopic (exact) mass is 334 g/mol. The highest BCUT2D eigenvalue weighted by Crippen LogP contribution is 2.19. The molecule has 2 aromatic rings. The number of hydrogen-bond donors (Lipinski definition) is 2. The maximum Gasteiger partial charge on any atom is 0.248 e. The molecule has 24 heavy (non-hydrogen) atoms. The molecule has 2 N–H and O–H groups in total. The van der Waals surface area contributed by atoms with E-state index in [1.165, 1.54) is 13.0 Å². The van der Waals surface area contributed by atoms with E-state index in [-0.39, 0.29) is 5.91 Å². The summed E-state index contributed by atoms with van der Waals surface area (Å²) in [4.78, 5) is 22.6. The lowest BCUT2D eigenvalue weighted by atomic mass is 10.2. The quantitative estimate of drug-likeness (QED) is 0.661. The molecular weight excluding hydrogens is 321 g/mol. The van der Waals surface area contributed by atoms with Crippen molar-refractivity contribution in [3.05, 3.63) is 65.5 Å². The zero-order chi connectivity index (χ0) is 17.7. The number of carbonyl (C=O) groups is 2. The summed E-state index contributed by atoms with van der Waals surface area (Å²) in [5.41, 5.74) is 0.808. The number of hydrogen-bond acceptors (Lipinski definition) is 2. The van der Waals surface area contributed by atoms with Crippen LogP contribution in [-0.4, -0.2) is 11.8 Å². The molecule has 0 atom stereocenters. The number of halogens is 3. The van der Waals surface area contributed by atoms with Gasteiger partial charge in [-0.1, -0.05) is 12.1 Å². The van der Waals surface area contributed by atoms with Crippen LogP contribution in [0.1, 0.15) is 12.5 Å². The summed E-state index contributed by atoms with van der Waals surface area (Å²) >= 11 is 0. The Morgan fingerprint density at radius 1 is 0.917 bits per heavy atom. The second-order valence-electron chi connectivity index (χ2n) is 4.85. The maximum absolute atomic E-state index is 13.4. The molecule has 2 rings (SSSR count). The number of nitrogens with one attached hydrogen (secondary N) is 2. The predicted octanol–water partition coefficient (Wildman–Crippen LogP) is 3.71. The highest BCUT2D eigenvalue weighted by molar-refractivity contribution is 6.02. The summed E-state index contributed by atoms with van der Waals surface area (Å²) in [6.07, 6.45) is 2.57. The molecular formula is C17H13F3N2O2. The number of benzene rings is 2. The molecule has 0 aliphatic rings. The zero-order valence-corrected chi connectivity index (χ0v) is 12.6. The Kier molecular flexibility index (Phi) is 5.36. The Labute approximate surface area is 136 Å². The van der Waals surface area contributed by atoms with Crippen LogP contribution in [0.3, 0.4) is 0 Å². The van der Waals surface area contributed by atoms with E-state index in [1.54, 1.807) is 24.3 Å². The van der Waals surface area contributed by atoms with E-state index in [0.717, 1.165) is 18.2 Å².